The first kappa shape index (κ1) is 16.9. The Hall–Kier alpha value is -1.51. The van der Waals surface area contributed by atoms with Gasteiger partial charge < -0.3 is 0 Å². The van der Waals surface area contributed by atoms with E-state index in [0.717, 1.165) is 11.3 Å². The molecule has 3 heteroatoms. The zero-order chi connectivity index (χ0) is 15.8. The van der Waals surface area contributed by atoms with Crippen molar-refractivity contribution in [3.8, 4) is 0 Å². The van der Waals surface area contributed by atoms with Crippen LogP contribution in [0.15, 0.2) is 59.5 Å². The lowest BCUT2D eigenvalue weighted by molar-refractivity contribution is 0.104. The fourth-order valence-corrected chi connectivity index (χ4v) is 3.11. The van der Waals surface area contributed by atoms with Crippen LogP contribution in [0.25, 0.3) is 6.08 Å². The minimum atomic E-state index is -0.0381. The van der Waals surface area contributed by atoms with Crippen LogP contribution in [0.1, 0.15) is 35.7 Å². The molecule has 1 nitrogen and oxygen atoms in total. The topological polar surface area (TPSA) is 17.1 Å². The van der Waals surface area contributed by atoms with E-state index in [2.05, 4.69) is 19.1 Å². The smallest absolute Gasteiger partial charge is 0.185 e. The molecule has 0 spiro atoms. The lowest BCUT2D eigenvalue weighted by Gasteiger charge is -2.01. The Labute approximate surface area is 141 Å². The number of unbranched alkanes of at least 4 members (excludes halogenated alkanes) is 1. The molecule has 22 heavy (non-hydrogen) atoms. The average Bonchev–Trinajstić information content (AvgIpc) is 2.54. The number of halogens is 1. The van der Waals surface area contributed by atoms with Gasteiger partial charge in [0.15, 0.2) is 5.78 Å². The van der Waals surface area contributed by atoms with Gasteiger partial charge in [0.2, 0.25) is 0 Å². The van der Waals surface area contributed by atoms with Gasteiger partial charge in [0.05, 0.1) is 0 Å². The van der Waals surface area contributed by atoms with Crippen molar-refractivity contribution in [1.29, 1.82) is 0 Å². The van der Waals surface area contributed by atoms with Crippen molar-refractivity contribution in [3.63, 3.8) is 0 Å². The summed E-state index contributed by atoms with van der Waals surface area (Å²) < 4.78 is 0. The molecule has 0 N–H and O–H groups in total. The minimum Gasteiger partial charge on any atom is -0.289 e. The number of hydrogen-bond donors (Lipinski definition) is 0. The summed E-state index contributed by atoms with van der Waals surface area (Å²) in [7, 11) is 0. The van der Waals surface area contributed by atoms with E-state index in [9.17, 15) is 4.79 Å². The molecule has 0 aromatic heterocycles. The first-order chi connectivity index (χ1) is 10.7. The molecule has 0 aliphatic rings. The van der Waals surface area contributed by atoms with Gasteiger partial charge in [0.1, 0.15) is 0 Å². The van der Waals surface area contributed by atoms with E-state index in [1.165, 1.54) is 17.7 Å². The Morgan fingerprint density at radius 2 is 1.95 bits per heavy atom. The highest BCUT2D eigenvalue weighted by Gasteiger charge is 2.02. The Bertz CT molecular complexity index is 647. The fraction of sp³-hybridized carbons (Fsp3) is 0.211. The monoisotopic (exact) mass is 330 g/mol. The second-order valence-electron chi connectivity index (χ2n) is 4.98. The van der Waals surface area contributed by atoms with E-state index in [1.807, 2.05) is 30.0 Å². The third-order valence-corrected chi connectivity index (χ3v) is 4.52. The number of carbonyl (C=O) groups is 1. The summed E-state index contributed by atoms with van der Waals surface area (Å²) in [6.07, 6.45) is 5.88. The maximum Gasteiger partial charge on any atom is 0.185 e. The molecule has 0 heterocycles. The van der Waals surface area contributed by atoms with Gasteiger partial charge in [-0.25, -0.2) is 0 Å². The average molecular weight is 331 g/mol. The zero-order valence-electron chi connectivity index (χ0n) is 12.6. The standard InChI is InChI=1S/C19H19ClOS/c1-2-3-13-22-18-10-7-15(8-11-18)9-12-19(21)16-5-4-6-17(20)14-16/h4-12,14H,2-3,13H2,1H3/b12-9+. The van der Waals surface area contributed by atoms with E-state index in [0.29, 0.717) is 10.6 Å². The highest BCUT2D eigenvalue weighted by Crippen LogP contribution is 2.20. The Morgan fingerprint density at radius 1 is 1.18 bits per heavy atom. The molecule has 0 bridgehead atoms. The normalized spacial score (nSPS) is 11.0. The summed E-state index contributed by atoms with van der Waals surface area (Å²) in [5.74, 6) is 1.11. The lowest BCUT2D eigenvalue weighted by Crippen LogP contribution is -1.93. The number of thioether (sulfide) groups is 1. The molecule has 2 aromatic carbocycles. The largest absolute Gasteiger partial charge is 0.289 e. The van der Waals surface area contributed by atoms with Crippen LogP contribution in [-0.2, 0) is 0 Å². The van der Waals surface area contributed by atoms with Gasteiger partial charge in [-0.1, -0.05) is 55.3 Å². The fourth-order valence-electron chi connectivity index (χ4n) is 1.92. The van der Waals surface area contributed by atoms with Crippen LogP contribution >= 0.6 is 23.4 Å². The zero-order valence-corrected chi connectivity index (χ0v) is 14.2. The van der Waals surface area contributed by atoms with Crippen molar-refractivity contribution in [3.05, 3.63) is 70.8 Å². The summed E-state index contributed by atoms with van der Waals surface area (Å²) in [5, 5.41) is 0.577. The van der Waals surface area contributed by atoms with Gasteiger partial charge >= 0.3 is 0 Å². The number of allylic oxidation sites excluding steroid dienone is 1. The van der Waals surface area contributed by atoms with E-state index >= 15 is 0 Å². The highest BCUT2D eigenvalue weighted by molar-refractivity contribution is 7.99. The Kier molecular flexibility index (Phi) is 6.75. The molecule has 0 atom stereocenters. The van der Waals surface area contributed by atoms with E-state index in [-0.39, 0.29) is 5.78 Å². The molecule has 0 aliphatic heterocycles. The molecular formula is C19H19ClOS. The molecule has 0 radical (unpaired) electrons. The van der Waals surface area contributed by atoms with Crippen molar-refractivity contribution in [1.82, 2.24) is 0 Å². The summed E-state index contributed by atoms with van der Waals surface area (Å²) in [6, 6.07) is 15.3. The second-order valence-corrected chi connectivity index (χ2v) is 6.58. The quantitative estimate of drug-likeness (QED) is 0.263. The van der Waals surface area contributed by atoms with Crippen molar-refractivity contribution >= 4 is 35.2 Å². The molecule has 0 unspecified atom stereocenters. The van der Waals surface area contributed by atoms with Crippen molar-refractivity contribution < 1.29 is 4.79 Å². The summed E-state index contributed by atoms with van der Waals surface area (Å²) >= 11 is 7.77. The second kappa shape index (κ2) is 8.82. The van der Waals surface area contributed by atoms with Crippen LogP contribution in [0.3, 0.4) is 0 Å². The number of benzene rings is 2. The molecular weight excluding hydrogens is 312 g/mol. The number of ketones is 1. The molecule has 2 aromatic rings. The van der Waals surface area contributed by atoms with E-state index in [4.69, 9.17) is 11.6 Å². The van der Waals surface area contributed by atoms with Gasteiger partial charge in [-0.3, -0.25) is 4.79 Å². The van der Waals surface area contributed by atoms with Crippen LogP contribution in [0.4, 0.5) is 0 Å². The molecule has 0 saturated heterocycles. The van der Waals surface area contributed by atoms with Crippen LogP contribution in [0.2, 0.25) is 5.02 Å². The van der Waals surface area contributed by atoms with Crippen molar-refractivity contribution in [2.45, 2.75) is 24.7 Å². The SMILES string of the molecule is CCCCSc1ccc(/C=C/C(=O)c2cccc(Cl)c2)cc1. The third-order valence-electron chi connectivity index (χ3n) is 3.18. The molecule has 2 rings (SSSR count). The van der Waals surface area contributed by atoms with Gasteiger partial charge in [0.25, 0.3) is 0 Å². The van der Waals surface area contributed by atoms with Crippen LogP contribution in [0, 0.1) is 0 Å². The Balaban J connectivity index is 1.96. The number of carbonyl (C=O) groups excluding carboxylic acids is 1. The highest BCUT2D eigenvalue weighted by atomic mass is 35.5. The molecule has 0 amide bonds. The van der Waals surface area contributed by atoms with Crippen molar-refractivity contribution in [2.24, 2.45) is 0 Å². The minimum absolute atomic E-state index is 0.0381. The van der Waals surface area contributed by atoms with Crippen LogP contribution < -0.4 is 0 Å². The third kappa shape index (κ3) is 5.36. The number of rotatable bonds is 7. The van der Waals surface area contributed by atoms with Crippen molar-refractivity contribution in [2.75, 3.05) is 5.75 Å². The molecule has 0 aliphatic carbocycles. The first-order valence-corrected chi connectivity index (χ1v) is 8.76. The molecule has 0 saturated carbocycles. The maximum atomic E-state index is 12.1. The van der Waals surface area contributed by atoms with Crippen LogP contribution in [-0.4, -0.2) is 11.5 Å². The molecule has 114 valence electrons. The van der Waals surface area contributed by atoms with E-state index < -0.39 is 0 Å². The lowest BCUT2D eigenvalue weighted by atomic mass is 10.1. The first-order valence-electron chi connectivity index (χ1n) is 7.40. The van der Waals surface area contributed by atoms with E-state index in [1.54, 1.807) is 30.3 Å². The van der Waals surface area contributed by atoms with Crippen LogP contribution in [0.5, 0.6) is 0 Å². The van der Waals surface area contributed by atoms with Gasteiger partial charge in [-0.2, -0.15) is 0 Å². The van der Waals surface area contributed by atoms with Gasteiger partial charge in [-0.05, 0) is 48.1 Å². The summed E-state index contributed by atoms with van der Waals surface area (Å²) in [6.45, 7) is 2.20. The van der Waals surface area contributed by atoms with Gasteiger partial charge in [0, 0.05) is 15.5 Å². The predicted molar refractivity (Wildman–Crippen MR) is 96.9 cm³/mol. The summed E-state index contributed by atoms with van der Waals surface area (Å²) in [5.41, 5.74) is 1.63. The maximum absolute atomic E-state index is 12.1. The predicted octanol–water partition coefficient (Wildman–Crippen LogP) is 6.13. The Morgan fingerprint density at radius 3 is 2.64 bits per heavy atom. The van der Waals surface area contributed by atoms with Gasteiger partial charge in [-0.15, -0.1) is 11.8 Å². The summed E-state index contributed by atoms with van der Waals surface area (Å²) in [4.78, 5) is 13.3. The number of hydrogen-bond acceptors (Lipinski definition) is 2. The molecule has 0 fully saturated rings.